The fraction of sp³-hybridized carbons (Fsp3) is 0.231. The molecule has 0 aliphatic carbocycles. The molecule has 1 N–H and O–H groups in total. The minimum atomic E-state index is -0.177. The maximum absolute atomic E-state index is 12.0. The highest BCUT2D eigenvalue weighted by Gasteiger charge is 2.08. The molecule has 2 aromatic rings. The van der Waals surface area contributed by atoms with Crippen molar-refractivity contribution in [3.63, 3.8) is 0 Å². The lowest BCUT2D eigenvalue weighted by molar-refractivity contribution is 0.102. The average molecular weight is 264 g/mol. The van der Waals surface area contributed by atoms with Crippen molar-refractivity contribution in [2.24, 2.45) is 0 Å². The second-order valence-corrected chi connectivity index (χ2v) is 4.11. The van der Waals surface area contributed by atoms with Gasteiger partial charge in [0.1, 0.15) is 0 Å². The lowest BCUT2D eigenvalue weighted by Gasteiger charge is -2.03. The van der Waals surface area contributed by atoms with Gasteiger partial charge in [0, 0.05) is 30.3 Å². The molecule has 0 fully saturated rings. The van der Waals surface area contributed by atoms with Gasteiger partial charge in [0.25, 0.3) is 5.91 Å². The highest BCUT2D eigenvalue weighted by atomic mass is 35.5. The zero-order valence-electron chi connectivity index (χ0n) is 10.1. The second kappa shape index (κ2) is 5.69. The second-order valence-electron chi connectivity index (χ2n) is 3.84. The first kappa shape index (κ1) is 12.6. The van der Waals surface area contributed by atoms with E-state index >= 15 is 0 Å². The molecule has 0 atom stereocenters. The number of hydrogen-bond acceptors (Lipinski definition) is 2. The summed E-state index contributed by atoms with van der Waals surface area (Å²) in [5, 5.41) is 6.95. The fourth-order valence-corrected chi connectivity index (χ4v) is 1.75. The Morgan fingerprint density at radius 1 is 1.44 bits per heavy atom. The van der Waals surface area contributed by atoms with Crippen LogP contribution in [0.3, 0.4) is 0 Å². The fourth-order valence-electron chi connectivity index (χ4n) is 1.59. The summed E-state index contributed by atoms with van der Waals surface area (Å²) in [6, 6.07) is 9.00. The Labute approximate surface area is 111 Å². The maximum atomic E-state index is 12.0. The number of rotatable bonds is 4. The Morgan fingerprint density at radius 2 is 2.28 bits per heavy atom. The molecule has 0 saturated carbocycles. The van der Waals surface area contributed by atoms with E-state index in [4.69, 9.17) is 11.6 Å². The lowest BCUT2D eigenvalue weighted by Crippen LogP contribution is -2.12. The summed E-state index contributed by atoms with van der Waals surface area (Å²) in [7, 11) is 0. The summed E-state index contributed by atoms with van der Waals surface area (Å²) in [6.45, 7) is 2.76. The Balaban J connectivity index is 2.11. The molecule has 0 unspecified atom stereocenters. The van der Waals surface area contributed by atoms with E-state index in [-0.39, 0.29) is 5.91 Å². The average Bonchev–Trinajstić information content (AvgIpc) is 2.86. The summed E-state index contributed by atoms with van der Waals surface area (Å²) in [5.41, 5.74) is 1.50. The SMILES string of the molecule is CCn1ccc(NC(=O)c2cccc(CCl)c2)n1. The van der Waals surface area contributed by atoms with Crippen LogP contribution in [-0.4, -0.2) is 15.7 Å². The molecule has 18 heavy (non-hydrogen) atoms. The smallest absolute Gasteiger partial charge is 0.256 e. The molecule has 0 aliphatic rings. The van der Waals surface area contributed by atoms with Crippen molar-refractivity contribution in [3.05, 3.63) is 47.7 Å². The Morgan fingerprint density at radius 3 is 2.94 bits per heavy atom. The molecule has 2 rings (SSSR count). The van der Waals surface area contributed by atoms with Crippen LogP contribution in [0.15, 0.2) is 36.5 Å². The molecule has 0 saturated heterocycles. The number of anilines is 1. The van der Waals surface area contributed by atoms with Crippen LogP contribution < -0.4 is 5.32 Å². The van der Waals surface area contributed by atoms with E-state index in [1.807, 2.05) is 25.3 Å². The van der Waals surface area contributed by atoms with Crippen LogP contribution in [0.25, 0.3) is 0 Å². The zero-order chi connectivity index (χ0) is 13.0. The highest BCUT2D eigenvalue weighted by Crippen LogP contribution is 2.10. The van der Waals surface area contributed by atoms with Gasteiger partial charge in [-0.15, -0.1) is 11.6 Å². The molecule has 1 heterocycles. The van der Waals surface area contributed by atoms with Crippen molar-refractivity contribution in [1.82, 2.24) is 9.78 Å². The zero-order valence-corrected chi connectivity index (χ0v) is 10.8. The van der Waals surface area contributed by atoms with Gasteiger partial charge in [-0.05, 0) is 24.6 Å². The van der Waals surface area contributed by atoms with Crippen LogP contribution in [0.1, 0.15) is 22.8 Å². The maximum Gasteiger partial charge on any atom is 0.256 e. The van der Waals surface area contributed by atoms with E-state index in [1.165, 1.54) is 0 Å². The number of aromatic nitrogens is 2. The lowest BCUT2D eigenvalue weighted by atomic mass is 10.1. The van der Waals surface area contributed by atoms with Crippen LogP contribution in [0.2, 0.25) is 0 Å². The normalized spacial score (nSPS) is 10.3. The number of alkyl halides is 1. The quantitative estimate of drug-likeness (QED) is 0.862. The molecular formula is C13H14ClN3O. The van der Waals surface area contributed by atoms with Crippen molar-refractivity contribution in [2.75, 3.05) is 5.32 Å². The monoisotopic (exact) mass is 263 g/mol. The summed E-state index contributed by atoms with van der Waals surface area (Å²) in [6.07, 6.45) is 1.82. The molecular weight excluding hydrogens is 250 g/mol. The number of halogens is 1. The van der Waals surface area contributed by atoms with E-state index in [0.29, 0.717) is 17.3 Å². The van der Waals surface area contributed by atoms with E-state index in [0.717, 1.165) is 12.1 Å². The van der Waals surface area contributed by atoms with Gasteiger partial charge in [-0.1, -0.05) is 12.1 Å². The van der Waals surface area contributed by atoms with Gasteiger partial charge in [0.15, 0.2) is 5.82 Å². The number of hydrogen-bond donors (Lipinski definition) is 1. The van der Waals surface area contributed by atoms with Crippen LogP contribution in [-0.2, 0) is 12.4 Å². The number of carbonyl (C=O) groups is 1. The van der Waals surface area contributed by atoms with Crippen LogP contribution >= 0.6 is 11.6 Å². The predicted molar refractivity (Wildman–Crippen MR) is 71.9 cm³/mol. The van der Waals surface area contributed by atoms with Gasteiger partial charge in [-0.3, -0.25) is 9.48 Å². The van der Waals surface area contributed by atoms with Crippen LogP contribution in [0, 0.1) is 0 Å². The first-order valence-corrected chi connectivity index (χ1v) is 6.26. The molecule has 0 aliphatic heterocycles. The van der Waals surface area contributed by atoms with E-state index in [1.54, 1.807) is 22.9 Å². The minimum absolute atomic E-state index is 0.177. The Kier molecular flexibility index (Phi) is 3.99. The number of nitrogens with one attached hydrogen (secondary N) is 1. The van der Waals surface area contributed by atoms with Gasteiger partial charge < -0.3 is 5.32 Å². The first-order valence-electron chi connectivity index (χ1n) is 5.72. The Bertz CT molecular complexity index is 551. The largest absolute Gasteiger partial charge is 0.305 e. The van der Waals surface area contributed by atoms with Crippen molar-refractivity contribution < 1.29 is 4.79 Å². The highest BCUT2D eigenvalue weighted by molar-refractivity contribution is 6.17. The third-order valence-electron chi connectivity index (χ3n) is 2.55. The number of amides is 1. The van der Waals surface area contributed by atoms with E-state index in [9.17, 15) is 4.79 Å². The third kappa shape index (κ3) is 2.90. The van der Waals surface area contributed by atoms with Crippen molar-refractivity contribution in [2.45, 2.75) is 19.3 Å². The summed E-state index contributed by atoms with van der Waals surface area (Å²) < 4.78 is 1.75. The molecule has 0 radical (unpaired) electrons. The number of benzene rings is 1. The predicted octanol–water partition coefficient (Wildman–Crippen LogP) is 2.89. The van der Waals surface area contributed by atoms with Crippen LogP contribution in [0.5, 0.6) is 0 Å². The topological polar surface area (TPSA) is 46.9 Å². The van der Waals surface area contributed by atoms with Crippen molar-refractivity contribution in [1.29, 1.82) is 0 Å². The van der Waals surface area contributed by atoms with Crippen LogP contribution in [0.4, 0.5) is 5.82 Å². The summed E-state index contributed by atoms with van der Waals surface area (Å²) in [5.74, 6) is 0.771. The molecule has 0 bridgehead atoms. The molecule has 5 heteroatoms. The van der Waals surface area contributed by atoms with Gasteiger partial charge in [0.05, 0.1) is 0 Å². The molecule has 94 valence electrons. The molecule has 0 spiro atoms. The number of carbonyl (C=O) groups excluding carboxylic acids is 1. The van der Waals surface area contributed by atoms with Gasteiger partial charge >= 0.3 is 0 Å². The molecule has 1 aromatic heterocycles. The van der Waals surface area contributed by atoms with Crippen molar-refractivity contribution >= 4 is 23.3 Å². The molecule has 1 amide bonds. The first-order chi connectivity index (χ1) is 8.72. The number of nitrogens with zero attached hydrogens (tertiary/aromatic N) is 2. The van der Waals surface area contributed by atoms with Gasteiger partial charge in [-0.2, -0.15) is 5.10 Å². The molecule has 1 aromatic carbocycles. The minimum Gasteiger partial charge on any atom is -0.305 e. The van der Waals surface area contributed by atoms with E-state index < -0.39 is 0 Å². The van der Waals surface area contributed by atoms with E-state index in [2.05, 4.69) is 10.4 Å². The summed E-state index contributed by atoms with van der Waals surface area (Å²) >= 11 is 5.74. The standard InChI is InChI=1S/C13H14ClN3O/c1-2-17-7-6-12(16-17)15-13(18)11-5-3-4-10(8-11)9-14/h3-8H,2,9H2,1H3,(H,15,16,18). The van der Waals surface area contributed by atoms with Gasteiger partial charge in [0.2, 0.25) is 0 Å². The summed E-state index contributed by atoms with van der Waals surface area (Å²) in [4.78, 5) is 12.0. The molecule has 4 nitrogen and oxygen atoms in total. The van der Waals surface area contributed by atoms with Crippen molar-refractivity contribution in [3.8, 4) is 0 Å². The van der Waals surface area contributed by atoms with Gasteiger partial charge in [-0.25, -0.2) is 0 Å². The third-order valence-corrected chi connectivity index (χ3v) is 2.86. The Hall–Kier alpha value is -1.81. The number of aryl methyl sites for hydroxylation is 1.